The van der Waals surface area contributed by atoms with Gasteiger partial charge in [-0.1, -0.05) is 96.6 Å². The zero-order valence-electron chi connectivity index (χ0n) is 28.3. The molecule has 1 saturated heterocycles. The Labute approximate surface area is 297 Å². The third-order valence-corrected chi connectivity index (χ3v) is 10.8. The molecule has 0 aliphatic carbocycles. The maximum absolute atomic E-state index is 13.2. The molecule has 0 saturated carbocycles. The minimum absolute atomic E-state index is 0.165. The molecular weight excluding hydrogens is 639 g/mol. The lowest BCUT2D eigenvalue weighted by Gasteiger charge is -2.43. The first-order chi connectivity index (χ1) is 24.5. The number of carbonyl (C=O) groups is 1. The number of benzene rings is 5. The predicted octanol–water partition coefficient (Wildman–Crippen LogP) is 9.35. The van der Waals surface area contributed by atoms with Gasteiger partial charge >= 0.3 is 0 Å². The summed E-state index contributed by atoms with van der Waals surface area (Å²) in [6.07, 6.45) is 3.99. The van der Waals surface area contributed by atoms with E-state index in [1.165, 1.54) is 45.3 Å². The molecule has 0 aromatic heterocycles. The fourth-order valence-electron chi connectivity index (χ4n) is 7.39. The molecule has 5 aromatic rings. The summed E-state index contributed by atoms with van der Waals surface area (Å²) in [7, 11) is 1.63. The van der Waals surface area contributed by atoms with E-state index in [0.717, 1.165) is 42.7 Å². The van der Waals surface area contributed by atoms with Crippen molar-refractivity contribution in [2.24, 2.45) is 4.99 Å². The molecule has 1 N–H and O–H groups in total. The van der Waals surface area contributed by atoms with Crippen LogP contribution in [0.2, 0.25) is 0 Å². The molecule has 5 aromatic carbocycles. The summed E-state index contributed by atoms with van der Waals surface area (Å²) in [4.78, 5) is 21.4. The van der Waals surface area contributed by atoms with Gasteiger partial charge in [0, 0.05) is 30.6 Å². The lowest BCUT2D eigenvalue weighted by Crippen LogP contribution is -2.37. The highest BCUT2D eigenvalue weighted by atomic mass is 32.2. The number of nitrogens with zero attached hydrogens (tertiary/aromatic N) is 2. The van der Waals surface area contributed by atoms with Gasteiger partial charge in [-0.3, -0.25) is 4.79 Å². The van der Waals surface area contributed by atoms with Gasteiger partial charge in [-0.25, -0.2) is 4.99 Å². The van der Waals surface area contributed by atoms with Crippen LogP contribution in [0.1, 0.15) is 63.6 Å². The molecule has 0 spiro atoms. The summed E-state index contributed by atoms with van der Waals surface area (Å²) < 4.78 is 11.7. The molecule has 0 radical (unpaired) electrons. The second-order valence-electron chi connectivity index (χ2n) is 13.1. The van der Waals surface area contributed by atoms with Gasteiger partial charge in [-0.05, 0) is 95.2 Å². The highest BCUT2D eigenvalue weighted by Crippen LogP contribution is 2.50. The van der Waals surface area contributed by atoms with Gasteiger partial charge in [-0.2, -0.15) is 0 Å². The first-order valence-electron chi connectivity index (χ1n) is 17.2. The van der Waals surface area contributed by atoms with Gasteiger partial charge in [0.05, 0.1) is 17.7 Å². The maximum Gasteiger partial charge on any atom is 0.264 e. The predicted molar refractivity (Wildman–Crippen MR) is 204 cm³/mol. The smallest absolute Gasteiger partial charge is 0.264 e. The fourth-order valence-corrected chi connectivity index (χ4v) is 8.23. The standard InChI is InChI=1S/C43H39N3O3S/c1-28-13-15-29(16-14-28)27-49-38-18-17-30(23-39(38)48-2)24-40-42(47)45-43(50-40)44-33-25-36-34(31-9-5-3-6-10-31)19-21-46-22-20-35(37(26-33)41(36)46)32-11-7-4-8-12-32/h3-18,23-26,34-35H,19-22,27H2,1-2H3,(H,44,45,47)/b40-24-/t34-,35+. The topological polar surface area (TPSA) is 63.2 Å². The average Bonchev–Trinajstić information content (AvgIpc) is 3.49. The van der Waals surface area contributed by atoms with Crippen LogP contribution in [0.3, 0.4) is 0 Å². The van der Waals surface area contributed by atoms with Crippen LogP contribution in [0.25, 0.3) is 6.08 Å². The normalized spacial score (nSPS) is 19.7. The van der Waals surface area contributed by atoms with Crippen molar-refractivity contribution in [3.8, 4) is 11.5 Å². The van der Waals surface area contributed by atoms with Crippen molar-refractivity contribution >= 4 is 40.3 Å². The first-order valence-corrected chi connectivity index (χ1v) is 18.0. The Morgan fingerprint density at radius 1 is 0.820 bits per heavy atom. The molecular formula is C43H39N3O3S. The number of amidine groups is 1. The van der Waals surface area contributed by atoms with Crippen molar-refractivity contribution in [1.29, 1.82) is 0 Å². The number of aliphatic imine (C=N–C) groups is 1. The number of nitrogens with one attached hydrogen (secondary N) is 1. The monoisotopic (exact) mass is 677 g/mol. The quantitative estimate of drug-likeness (QED) is 0.166. The van der Waals surface area contributed by atoms with Crippen molar-refractivity contribution < 1.29 is 14.3 Å². The number of rotatable bonds is 8. The average molecular weight is 678 g/mol. The van der Waals surface area contributed by atoms with E-state index in [1.807, 2.05) is 24.3 Å². The van der Waals surface area contributed by atoms with Crippen molar-refractivity contribution in [2.75, 3.05) is 25.1 Å². The number of aryl methyl sites for hydroxylation is 1. The summed E-state index contributed by atoms with van der Waals surface area (Å²) >= 11 is 1.36. The highest BCUT2D eigenvalue weighted by molar-refractivity contribution is 8.18. The van der Waals surface area contributed by atoms with Crippen LogP contribution in [-0.2, 0) is 11.4 Å². The zero-order chi connectivity index (χ0) is 34.0. The maximum atomic E-state index is 13.2. The third-order valence-electron chi connectivity index (χ3n) is 9.88. The summed E-state index contributed by atoms with van der Waals surface area (Å²) in [6.45, 7) is 4.59. The summed E-state index contributed by atoms with van der Waals surface area (Å²) in [5, 5.41) is 3.60. The number of hydrogen-bond donors (Lipinski definition) is 1. The van der Waals surface area contributed by atoms with Crippen LogP contribution in [0.5, 0.6) is 11.5 Å². The number of ether oxygens (including phenoxy) is 2. The Kier molecular flexibility index (Phi) is 8.90. The second-order valence-corrected chi connectivity index (χ2v) is 14.2. The molecule has 1 amide bonds. The number of amides is 1. The third kappa shape index (κ3) is 6.53. The van der Waals surface area contributed by atoms with Crippen LogP contribution in [0.4, 0.5) is 11.4 Å². The zero-order valence-corrected chi connectivity index (χ0v) is 29.1. The molecule has 0 unspecified atom stereocenters. The molecule has 2 atom stereocenters. The number of hydrogen-bond acceptors (Lipinski definition) is 6. The van der Waals surface area contributed by atoms with Crippen LogP contribution >= 0.6 is 11.8 Å². The van der Waals surface area contributed by atoms with E-state index in [9.17, 15) is 4.79 Å². The van der Waals surface area contributed by atoms with Crippen molar-refractivity contribution in [3.05, 3.63) is 159 Å². The van der Waals surface area contributed by atoms with E-state index in [2.05, 4.69) is 114 Å². The van der Waals surface area contributed by atoms with Gasteiger partial charge in [0.1, 0.15) is 6.61 Å². The van der Waals surface area contributed by atoms with E-state index in [-0.39, 0.29) is 17.7 Å². The van der Waals surface area contributed by atoms with Crippen molar-refractivity contribution in [2.45, 2.75) is 38.2 Å². The Bertz CT molecular complexity index is 2020. The molecule has 0 bridgehead atoms. The van der Waals surface area contributed by atoms with E-state index in [0.29, 0.717) is 28.2 Å². The molecule has 250 valence electrons. The van der Waals surface area contributed by atoms with Gasteiger partial charge < -0.3 is 19.7 Å². The van der Waals surface area contributed by atoms with E-state index in [4.69, 9.17) is 14.5 Å². The Morgan fingerprint density at radius 2 is 1.46 bits per heavy atom. The molecule has 1 fully saturated rings. The number of anilines is 1. The summed E-state index contributed by atoms with van der Waals surface area (Å²) in [5.74, 6) is 1.68. The fraction of sp³-hybridized carbons (Fsp3) is 0.209. The summed E-state index contributed by atoms with van der Waals surface area (Å²) in [5.41, 5.74) is 10.7. The lowest BCUT2D eigenvalue weighted by molar-refractivity contribution is -0.115. The van der Waals surface area contributed by atoms with Crippen LogP contribution in [0, 0.1) is 6.92 Å². The van der Waals surface area contributed by atoms with E-state index >= 15 is 0 Å². The molecule has 3 heterocycles. The van der Waals surface area contributed by atoms with Gasteiger partial charge in [-0.15, -0.1) is 0 Å². The van der Waals surface area contributed by atoms with Gasteiger partial charge in [0.25, 0.3) is 5.91 Å². The minimum Gasteiger partial charge on any atom is -0.493 e. The molecule has 3 aliphatic heterocycles. The van der Waals surface area contributed by atoms with Gasteiger partial charge in [0.2, 0.25) is 0 Å². The minimum atomic E-state index is -0.165. The molecule has 3 aliphatic rings. The SMILES string of the molecule is COc1cc(/C=C2\SC(=Nc3cc4c5c(c3)[C@H](c3ccccc3)CCN5CC[C@@H]4c3ccccc3)NC2=O)ccc1OCc1ccc(C)cc1. The highest BCUT2D eigenvalue weighted by Gasteiger charge is 2.35. The molecule has 7 heteroatoms. The largest absolute Gasteiger partial charge is 0.493 e. The Morgan fingerprint density at radius 3 is 2.08 bits per heavy atom. The van der Waals surface area contributed by atoms with Crippen LogP contribution in [0.15, 0.2) is 125 Å². The number of carbonyl (C=O) groups excluding carboxylic acids is 1. The number of thioether (sulfide) groups is 1. The Balaban J connectivity index is 1.09. The van der Waals surface area contributed by atoms with Crippen molar-refractivity contribution in [1.82, 2.24) is 5.32 Å². The summed E-state index contributed by atoms with van der Waals surface area (Å²) in [6, 6.07) is 40.1. The molecule has 8 rings (SSSR count). The van der Waals surface area contributed by atoms with Gasteiger partial charge in [0.15, 0.2) is 16.7 Å². The van der Waals surface area contributed by atoms with Crippen LogP contribution in [-0.4, -0.2) is 31.3 Å². The molecule has 50 heavy (non-hydrogen) atoms. The first kappa shape index (κ1) is 32.0. The Hall–Kier alpha value is -5.27. The van der Waals surface area contributed by atoms with Crippen molar-refractivity contribution in [3.63, 3.8) is 0 Å². The second kappa shape index (κ2) is 13.9. The molecule has 6 nitrogen and oxygen atoms in total. The van der Waals surface area contributed by atoms with Crippen LogP contribution < -0.4 is 19.7 Å². The van der Waals surface area contributed by atoms with E-state index in [1.54, 1.807) is 7.11 Å². The lowest BCUT2D eigenvalue weighted by atomic mass is 9.76. The van der Waals surface area contributed by atoms with E-state index < -0.39 is 0 Å². The number of methoxy groups -OCH3 is 1.